The lowest BCUT2D eigenvalue weighted by Gasteiger charge is -2.37. The van der Waals surface area contributed by atoms with E-state index in [0.29, 0.717) is 0 Å². The number of fused-ring (bicyclic) bond motifs is 4. The van der Waals surface area contributed by atoms with Gasteiger partial charge in [0.15, 0.2) is 10.3 Å². The van der Waals surface area contributed by atoms with E-state index in [1.54, 1.807) is 12.1 Å². The molecule has 44 heavy (non-hydrogen) atoms. The maximum absolute atomic E-state index is 14.6. The minimum Gasteiger partial charge on any atom is -0.195 e. The van der Waals surface area contributed by atoms with Crippen LogP contribution in [0, 0.1) is 33.2 Å². The van der Waals surface area contributed by atoms with Crippen molar-refractivity contribution in [1.82, 2.24) is 0 Å². The van der Waals surface area contributed by atoms with Crippen LogP contribution in [0.1, 0.15) is 80.4 Å². The quantitative estimate of drug-likeness (QED) is 0.102. The number of benzene rings is 3. The van der Waals surface area contributed by atoms with E-state index < -0.39 is 16.1 Å². The highest BCUT2D eigenvalue weighted by Crippen LogP contribution is 2.44. The Balaban J connectivity index is 2.00. The largest absolute Gasteiger partial charge is 0.195 e. The molecule has 230 valence electrons. The van der Waals surface area contributed by atoms with Gasteiger partial charge in [-0.1, -0.05) is 81.1 Å². The van der Waals surface area contributed by atoms with E-state index in [1.165, 1.54) is 22.7 Å². The van der Waals surface area contributed by atoms with Gasteiger partial charge >= 0.3 is 0 Å². The van der Waals surface area contributed by atoms with Crippen LogP contribution in [0.2, 0.25) is 34.3 Å². The third-order valence-electron chi connectivity index (χ3n) is 10.5. The number of hydrogen-bond donors (Lipinski definition) is 0. The summed E-state index contributed by atoms with van der Waals surface area (Å²) in [6.45, 7) is 23.1. The lowest BCUT2D eigenvalue weighted by molar-refractivity contribution is 0.658. The molecule has 0 unspecified atom stereocenters. The van der Waals surface area contributed by atoms with E-state index in [1.807, 2.05) is 0 Å². The van der Waals surface area contributed by atoms with Gasteiger partial charge in [0.2, 0.25) is 0 Å². The first kappa shape index (κ1) is 32.9. The van der Waals surface area contributed by atoms with Crippen molar-refractivity contribution in [3.8, 4) is 22.9 Å². The smallest absolute Gasteiger partial charge is 0.177 e. The minimum absolute atomic E-state index is 0.121. The molecule has 2 heterocycles. The average Bonchev–Trinajstić information content (AvgIpc) is 3.50. The monoisotopic (exact) mass is 658 g/mol. The van der Waals surface area contributed by atoms with Crippen molar-refractivity contribution in [3.63, 3.8) is 0 Å². The van der Waals surface area contributed by atoms with Crippen LogP contribution in [0.25, 0.3) is 41.7 Å². The molecule has 0 N–H and O–H groups in total. The number of halogens is 2. The second-order valence-corrected chi connectivity index (χ2v) is 27.0. The highest BCUT2D eigenvalue weighted by Gasteiger charge is 2.41. The van der Waals surface area contributed by atoms with Crippen molar-refractivity contribution < 1.29 is 8.78 Å². The first-order valence-electron chi connectivity index (χ1n) is 15.9. The molecule has 0 radical (unpaired) electrons. The molecule has 2 aromatic heterocycles. The molecule has 0 saturated carbocycles. The Morgan fingerprint density at radius 3 is 1.16 bits per heavy atom. The predicted molar refractivity (Wildman–Crippen MR) is 199 cm³/mol. The summed E-state index contributed by atoms with van der Waals surface area (Å²) in [5.74, 6) is 7.52. The summed E-state index contributed by atoms with van der Waals surface area (Å²) < 4.78 is 31.1. The van der Waals surface area contributed by atoms with Crippen LogP contribution in [-0.4, -0.2) is 16.1 Å². The summed E-state index contributed by atoms with van der Waals surface area (Å²) in [6.07, 6.45) is 0. The molecule has 0 fully saturated rings. The Labute approximate surface area is 272 Å². The van der Waals surface area contributed by atoms with Crippen molar-refractivity contribution in [2.45, 2.75) is 103 Å². The van der Waals surface area contributed by atoms with E-state index in [4.69, 9.17) is 0 Å². The minimum atomic E-state index is -1.99. The van der Waals surface area contributed by atoms with Gasteiger partial charge in [-0.3, -0.25) is 0 Å². The molecule has 5 rings (SSSR count). The maximum Gasteiger partial charge on any atom is 0.177 e. The second kappa shape index (κ2) is 11.7. The average molecular weight is 659 g/mol. The van der Waals surface area contributed by atoms with E-state index in [-0.39, 0.29) is 20.3 Å². The summed E-state index contributed by atoms with van der Waals surface area (Å²) in [5.41, 5.74) is 9.74. The second-order valence-electron chi connectivity index (χ2n) is 14.3. The van der Waals surface area contributed by atoms with Gasteiger partial charge in [0, 0.05) is 31.3 Å². The molecule has 3 aromatic carbocycles. The van der Waals surface area contributed by atoms with Crippen LogP contribution in [0.4, 0.5) is 8.78 Å². The van der Waals surface area contributed by atoms with E-state index >= 15 is 0 Å². The van der Waals surface area contributed by atoms with Gasteiger partial charge in [0.25, 0.3) is 0 Å². The van der Waals surface area contributed by atoms with Gasteiger partial charge in [0.05, 0.1) is 0 Å². The van der Waals surface area contributed by atoms with Crippen molar-refractivity contribution in [2.24, 2.45) is 0 Å². The predicted octanol–water partition coefficient (Wildman–Crippen LogP) is 13.1. The third kappa shape index (κ3) is 5.47. The highest BCUT2D eigenvalue weighted by molar-refractivity contribution is 7.18. The summed E-state index contributed by atoms with van der Waals surface area (Å²) in [4.78, 5) is 0. The van der Waals surface area contributed by atoms with Crippen LogP contribution in [0.15, 0.2) is 36.4 Å². The Hall–Kier alpha value is -2.49. The summed E-state index contributed by atoms with van der Waals surface area (Å²) in [7, 11) is -3.97. The Bertz CT molecular complexity index is 1780. The zero-order valence-electron chi connectivity index (χ0n) is 27.9. The van der Waals surface area contributed by atoms with Crippen molar-refractivity contribution in [1.29, 1.82) is 0 Å². The topological polar surface area (TPSA) is 0 Å². The van der Waals surface area contributed by atoms with E-state index in [9.17, 15) is 8.78 Å². The summed E-state index contributed by atoms with van der Waals surface area (Å²) >= 11 is 2.35. The lowest BCUT2D eigenvalue weighted by Crippen LogP contribution is -2.41. The lowest BCUT2D eigenvalue weighted by atomic mass is 9.91. The van der Waals surface area contributed by atoms with Gasteiger partial charge < -0.3 is 0 Å². The number of thiophene rings is 2. The molecule has 0 aliphatic heterocycles. The Kier molecular flexibility index (Phi) is 8.75. The Morgan fingerprint density at radius 1 is 0.545 bits per heavy atom. The molecular weight excluding hydrogens is 615 g/mol. The summed E-state index contributed by atoms with van der Waals surface area (Å²) in [5, 5.41) is 5.67. The molecule has 0 aliphatic rings. The van der Waals surface area contributed by atoms with Gasteiger partial charge in [-0.05, 0) is 92.2 Å². The maximum atomic E-state index is 14.6. The third-order valence-corrected chi connectivity index (χ3v) is 24.0. The Morgan fingerprint density at radius 2 is 0.864 bits per heavy atom. The van der Waals surface area contributed by atoms with Crippen molar-refractivity contribution >= 4 is 80.5 Å². The fourth-order valence-corrected chi connectivity index (χ4v) is 16.3. The van der Waals surface area contributed by atoms with Crippen LogP contribution in [0.5, 0.6) is 0 Å². The van der Waals surface area contributed by atoms with Gasteiger partial charge in [0.1, 0.15) is 16.1 Å². The van der Waals surface area contributed by atoms with Crippen LogP contribution in [-0.2, 0) is 0 Å². The van der Waals surface area contributed by atoms with E-state index in [2.05, 4.69) is 116 Å². The van der Waals surface area contributed by atoms with Crippen molar-refractivity contribution in [3.05, 3.63) is 57.8 Å². The van der Waals surface area contributed by atoms with Crippen molar-refractivity contribution in [2.75, 3.05) is 0 Å². The molecule has 0 atom stereocenters. The SMILES string of the molecule is CC[Si](C#Cc1c2cc3cc(F)sc3cc2c(C#C[Si](CC)(CC)C(C)(C)C)c2cc3cc(F)sc3cc12)(CC)C(C)(C)C. The van der Waals surface area contributed by atoms with Crippen LogP contribution < -0.4 is 0 Å². The van der Waals surface area contributed by atoms with Gasteiger partial charge in [-0.2, -0.15) is 8.78 Å². The molecule has 0 spiro atoms. The normalized spacial score (nSPS) is 13.0. The van der Waals surface area contributed by atoms with Gasteiger partial charge in [-0.25, -0.2) is 0 Å². The number of hydrogen-bond acceptors (Lipinski definition) is 2. The molecule has 0 aliphatic carbocycles. The standard InChI is InChI=1S/C38H44F2S2Si2/c1-11-43(12-2,37(5,6)7)17-15-27-29-19-25-21-35(39)42-34(25)24-32(29)28(16-18-44(13-3,14-4)38(8,9)10)30-20-26-22-36(40)41-33(26)23-31(27)30/h19-24H,11-14H2,1-10H3. The molecule has 5 aromatic rings. The van der Waals surface area contributed by atoms with Crippen LogP contribution >= 0.6 is 22.7 Å². The van der Waals surface area contributed by atoms with E-state index in [0.717, 1.165) is 77.0 Å². The molecule has 0 nitrogen and oxygen atoms in total. The fraction of sp³-hybridized carbons (Fsp3) is 0.421. The fourth-order valence-electron chi connectivity index (χ4n) is 7.21. The molecule has 0 saturated heterocycles. The summed E-state index contributed by atoms with van der Waals surface area (Å²) in [6, 6.07) is 16.0. The first-order valence-corrected chi connectivity index (χ1v) is 22.4. The molecule has 0 bridgehead atoms. The van der Waals surface area contributed by atoms with Crippen LogP contribution in [0.3, 0.4) is 0 Å². The zero-order valence-corrected chi connectivity index (χ0v) is 31.5. The zero-order chi connectivity index (χ0) is 32.2. The first-order chi connectivity index (χ1) is 20.6. The molecule has 6 heteroatoms. The number of rotatable bonds is 4. The molecular formula is C38H44F2S2Si2. The van der Waals surface area contributed by atoms with Gasteiger partial charge in [-0.15, -0.1) is 33.8 Å². The molecule has 0 amide bonds. The highest BCUT2D eigenvalue weighted by atomic mass is 32.1.